The molecule has 2 aromatic rings. The summed E-state index contributed by atoms with van der Waals surface area (Å²) in [6, 6.07) is 6.78. The molecule has 0 atom stereocenters. The molecule has 0 aliphatic carbocycles. The highest BCUT2D eigenvalue weighted by Gasteiger charge is 2.22. The fourth-order valence-electron chi connectivity index (χ4n) is 1.94. The van der Waals surface area contributed by atoms with Gasteiger partial charge in [0.1, 0.15) is 5.00 Å². The van der Waals surface area contributed by atoms with E-state index in [0.717, 1.165) is 10.4 Å². The molecule has 0 saturated heterocycles. The van der Waals surface area contributed by atoms with Crippen molar-refractivity contribution in [3.63, 3.8) is 0 Å². The Hall–Kier alpha value is -2.34. The number of nitrogen functional groups attached to an aromatic ring is 1. The number of esters is 1. The zero-order chi connectivity index (χ0) is 15.6. The Morgan fingerprint density at radius 3 is 2.52 bits per heavy atom. The van der Waals surface area contributed by atoms with Gasteiger partial charge in [0, 0.05) is 10.6 Å². The minimum absolute atomic E-state index is 0.348. The van der Waals surface area contributed by atoms with Crippen molar-refractivity contribution in [3.05, 3.63) is 45.8 Å². The Kier molecular flexibility index (Phi) is 4.28. The molecule has 2 rings (SSSR count). The van der Waals surface area contributed by atoms with E-state index in [1.807, 2.05) is 13.8 Å². The quantitative estimate of drug-likeness (QED) is 0.674. The normalized spacial score (nSPS) is 10.2. The van der Waals surface area contributed by atoms with Crippen molar-refractivity contribution in [2.75, 3.05) is 18.2 Å². The second kappa shape index (κ2) is 5.97. The number of hydrogen-bond donors (Lipinski definition) is 2. The number of nitrogens with two attached hydrogens (primary N) is 1. The Balaban J connectivity index is 2.36. The summed E-state index contributed by atoms with van der Waals surface area (Å²) in [5.41, 5.74) is 7.75. The molecule has 0 fully saturated rings. The van der Waals surface area contributed by atoms with Gasteiger partial charge in [0.05, 0.1) is 18.2 Å². The summed E-state index contributed by atoms with van der Waals surface area (Å²) < 4.78 is 4.77. The molecule has 1 aromatic carbocycles. The minimum atomic E-state index is -0.465. The number of benzene rings is 1. The van der Waals surface area contributed by atoms with Crippen LogP contribution in [0.15, 0.2) is 24.3 Å². The standard InChI is InChI=1S/C15H16N2O3S/c1-8-9(2)21-14(12(8)15(19)20-3)17-13(18)10-6-4-5-7-11(10)16/h4-7H,16H2,1-3H3,(H,17,18). The monoisotopic (exact) mass is 304 g/mol. The predicted molar refractivity (Wildman–Crippen MR) is 83.9 cm³/mol. The highest BCUT2D eigenvalue weighted by Crippen LogP contribution is 2.33. The fraction of sp³-hybridized carbons (Fsp3) is 0.200. The maximum absolute atomic E-state index is 12.3. The Bertz CT molecular complexity index is 707. The van der Waals surface area contributed by atoms with E-state index in [9.17, 15) is 9.59 Å². The van der Waals surface area contributed by atoms with Crippen LogP contribution in [0.1, 0.15) is 31.2 Å². The average Bonchev–Trinajstić information content (AvgIpc) is 2.73. The van der Waals surface area contributed by atoms with Crippen LogP contribution in [0.3, 0.4) is 0 Å². The molecule has 3 N–H and O–H groups in total. The summed E-state index contributed by atoms with van der Waals surface area (Å²) in [5.74, 6) is -0.812. The van der Waals surface area contributed by atoms with Crippen molar-refractivity contribution in [3.8, 4) is 0 Å². The lowest BCUT2D eigenvalue weighted by atomic mass is 10.1. The van der Waals surface area contributed by atoms with Gasteiger partial charge in [0.25, 0.3) is 5.91 Å². The third-order valence-corrected chi connectivity index (χ3v) is 4.33. The van der Waals surface area contributed by atoms with Crippen LogP contribution in [0.4, 0.5) is 10.7 Å². The molecular formula is C15H16N2O3S. The summed E-state index contributed by atoms with van der Waals surface area (Å²) in [4.78, 5) is 25.1. The number of amides is 1. The van der Waals surface area contributed by atoms with Crippen LogP contribution < -0.4 is 11.1 Å². The summed E-state index contributed by atoms with van der Waals surface area (Å²) in [6.45, 7) is 3.71. The van der Waals surface area contributed by atoms with E-state index in [4.69, 9.17) is 10.5 Å². The zero-order valence-corrected chi connectivity index (χ0v) is 12.8. The number of hydrogen-bond acceptors (Lipinski definition) is 5. The van der Waals surface area contributed by atoms with E-state index in [2.05, 4.69) is 5.32 Å². The van der Waals surface area contributed by atoms with Gasteiger partial charge in [-0.1, -0.05) is 12.1 Å². The molecule has 0 radical (unpaired) electrons. The molecule has 1 amide bonds. The molecule has 0 saturated carbocycles. The zero-order valence-electron chi connectivity index (χ0n) is 12.0. The first kappa shape index (κ1) is 15.1. The van der Waals surface area contributed by atoms with Gasteiger partial charge in [-0.25, -0.2) is 4.79 Å². The van der Waals surface area contributed by atoms with Gasteiger partial charge in [-0.3, -0.25) is 4.79 Å². The van der Waals surface area contributed by atoms with Gasteiger partial charge >= 0.3 is 5.97 Å². The smallest absolute Gasteiger partial charge is 0.341 e. The summed E-state index contributed by atoms with van der Waals surface area (Å²) in [7, 11) is 1.32. The average molecular weight is 304 g/mol. The predicted octanol–water partition coefficient (Wildman–Crippen LogP) is 2.99. The lowest BCUT2D eigenvalue weighted by Crippen LogP contribution is -2.15. The maximum atomic E-state index is 12.3. The van der Waals surface area contributed by atoms with Gasteiger partial charge in [-0.2, -0.15) is 0 Å². The number of carbonyl (C=O) groups is 2. The Morgan fingerprint density at radius 1 is 1.24 bits per heavy atom. The van der Waals surface area contributed by atoms with Gasteiger partial charge in [-0.05, 0) is 31.5 Å². The Morgan fingerprint density at radius 2 is 1.90 bits per heavy atom. The molecule has 0 spiro atoms. The lowest BCUT2D eigenvalue weighted by molar-refractivity contribution is 0.0601. The molecule has 1 aromatic heterocycles. The lowest BCUT2D eigenvalue weighted by Gasteiger charge is -2.07. The molecule has 0 aliphatic rings. The van der Waals surface area contributed by atoms with Crippen molar-refractivity contribution < 1.29 is 14.3 Å². The maximum Gasteiger partial charge on any atom is 0.341 e. The number of ether oxygens (including phenoxy) is 1. The minimum Gasteiger partial charge on any atom is -0.465 e. The third kappa shape index (κ3) is 2.90. The van der Waals surface area contributed by atoms with Crippen LogP contribution in [0.25, 0.3) is 0 Å². The number of methoxy groups -OCH3 is 1. The third-order valence-electron chi connectivity index (χ3n) is 3.21. The van der Waals surface area contributed by atoms with Crippen LogP contribution in [0.2, 0.25) is 0 Å². The summed E-state index contributed by atoms with van der Waals surface area (Å²) >= 11 is 1.34. The highest BCUT2D eigenvalue weighted by atomic mass is 32.1. The summed E-state index contributed by atoms with van der Waals surface area (Å²) in [5, 5.41) is 3.22. The number of rotatable bonds is 3. The van der Waals surface area contributed by atoms with Gasteiger partial charge in [-0.15, -0.1) is 11.3 Å². The number of thiophene rings is 1. The largest absolute Gasteiger partial charge is 0.465 e. The van der Waals surface area contributed by atoms with Gasteiger partial charge in [0.2, 0.25) is 0 Å². The first-order valence-electron chi connectivity index (χ1n) is 6.29. The topological polar surface area (TPSA) is 81.4 Å². The fourth-order valence-corrected chi connectivity index (χ4v) is 2.98. The van der Waals surface area contributed by atoms with Crippen LogP contribution in [0, 0.1) is 13.8 Å². The van der Waals surface area contributed by atoms with E-state index in [1.165, 1.54) is 18.4 Å². The van der Waals surface area contributed by atoms with E-state index in [0.29, 0.717) is 21.8 Å². The molecule has 1 heterocycles. The first-order valence-corrected chi connectivity index (χ1v) is 7.11. The Labute approximate surface area is 126 Å². The second-order valence-corrected chi connectivity index (χ2v) is 5.75. The molecule has 0 bridgehead atoms. The molecule has 0 aliphatic heterocycles. The van der Waals surface area contributed by atoms with E-state index < -0.39 is 5.97 Å². The van der Waals surface area contributed by atoms with Crippen LogP contribution in [-0.4, -0.2) is 19.0 Å². The number of carbonyl (C=O) groups excluding carboxylic acids is 2. The SMILES string of the molecule is COC(=O)c1c(NC(=O)c2ccccc2N)sc(C)c1C. The van der Waals surface area contributed by atoms with Crippen LogP contribution in [-0.2, 0) is 4.74 Å². The number of anilines is 2. The molecule has 0 unspecified atom stereocenters. The van der Waals surface area contributed by atoms with Crippen molar-refractivity contribution >= 4 is 33.9 Å². The van der Waals surface area contributed by atoms with Crippen molar-refractivity contribution in [2.24, 2.45) is 0 Å². The number of nitrogens with one attached hydrogen (secondary N) is 1. The second-order valence-electron chi connectivity index (χ2n) is 4.52. The van der Waals surface area contributed by atoms with Gasteiger partial charge in [0.15, 0.2) is 0 Å². The van der Waals surface area contributed by atoms with E-state index >= 15 is 0 Å². The van der Waals surface area contributed by atoms with Crippen molar-refractivity contribution in [2.45, 2.75) is 13.8 Å². The molecule has 5 nitrogen and oxygen atoms in total. The molecular weight excluding hydrogens is 288 g/mol. The molecule has 6 heteroatoms. The highest BCUT2D eigenvalue weighted by molar-refractivity contribution is 7.16. The number of para-hydroxylation sites is 1. The number of aryl methyl sites for hydroxylation is 1. The van der Waals surface area contributed by atoms with E-state index in [-0.39, 0.29) is 5.91 Å². The summed E-state index contributed by atoms with van der Waals surface area (Å²) in [6.07, 6.45) is 0. The first-order chi connectivity index (χ1) is 9.95. The van der Waals surface area contributed by atoms with Crippen molar-refractivity contribution in [1.82, 2.24) is 0 Å². The van der Waals surface area contributed by atoms with Crippen LogP contribution >= 0.6 is 11.3 Å². The molecule has 21 heavy (non-hydrogen) atoms. The molecule has 110 valence electrons. The van der Waals surface area contributed by atoms with Crippen LogP contribution in [0.5, 0.6) is 0 Å². The van der Waals surface area contributed by atoms with E-state index in [1.54, 1.807) is 24.3 Å². The van der Waals surface area contributed by atoms with Crippen molar-refractivity contribution in [1.29, 1.82) is 0 Å². The van der Waals surface area contributed by atoms with Gasteiger partial charge < -0.3 is 15.8 Å².